The average Bonchev–Trinajstić information content (AvgIpc) is 3.10. The van der Waals surface area contributed by atoms with Gasteiger partial charge in [-0.1, -0.05) is 38.1 Å². The molecule has 1 N–H and O–H groups in total. The van der Waals surface area contributed by atoms with Crippen LogP contribution >= 0.6 is 0 Å². The molecule has 1 aliphatic rings. The summed E-state index contributed by atoms with van der Waals surface area (Å²) in [6, 6.07) is 12.4. The van der Waals surface area contributed by atoms with Gasteiger partial charge in [0.25, 0.3) is 11.8 Å². The van der Waals surface area contributed by atoms with Gasteiger partial charge in [-0.05, 0) is 43.2 Å². The molecule has 2 aromatic rings. The zero-order valence-corrected chi connectivity index (χ0v) is 18.6. The van der Waals surface area contributed by atoms with Crippen molar-refractivity contribution in [3.05, 3.63) is 59.7 Å². The number of rotatable bonds is 6. The van der Waals surface area contributed by atoms with Crippen molar-refractivity contribution in [2.75, 3.05) is 12.0 Å². The minimum absolute atomic E-state index is 0.243. The van der Waals surface area contributed by atoms with Crippen LogP contribution in [0.5, 0.6) is 5.75 Å². The van der Waals surface area contributed by atoms with Gasteiger partial charge in [-0.3, -0.25) is 24.6 Å². The lowest BCUT2D eigenvalue weighted by Crippen LogP contribution is -2.56. The number of nitrogens with one attached hydrogen (secondary N) is 1. The Morgan fingerprint density at radius 3 is 2.50 bits per heavy atom. The number of aryl methyl sites for hydroxylation is 1. The van der Waals surface area contributed by atoms with E-state index in [9.17, 15) is 19.2 Å². The van der Waals surface area contributed by atoms with Crippen LogP contribution in [0.2, 0.25) is 0 Å². The number of hydrogen-bond acceptors (Lipinski definition) is 5. The zero-order valence-electron chi connectivity index (χ0n) is 18.6. The number of benzene rings is 2. The molecule has 2 atom stereocenters. The van der Waals surface area contributed by atoms with Crippen molar-refractivity contribution in [3.63, 3.8) is 0 Å². The monoisotopic (exact) mass is 437 g/mol. The molecule has 2 aromatic carbocycles. The van der Waals surface area contributed by atoms with Gasteiger partial charge < -0.3 is 4.74 Å². The lowest BCUT2D eigenvalue weighted by Gasteiger charge is -2.30. The fraction of sp³-hybridized carbons (Fsp3) is 0.333. The molecule has 1 fully saturated rings. The molecule has 4 amide bonds. The number of hydrazine groups is 1. The third kappa shape index (κ3) is 4.49. The highest BCUT2D eigenvalue weighted by Gasteiger charge is 2.46. The molecule has 0 aliphatic carbocycles. The Bertz CT molecular complexity index is 1040. The van der Waals surface area contributed by atoms with Crippen LogP contribution in [0.4, 0.5) is 5.69 Å². The summed E-state index contributed by atoms with van der Waals surface area (Å²) in [5, 5.41) is 1.02. The average molecular weight is 437 g/mol. The van der Waals surface area contributed by atoms with Gasteiger partial charge in [-0.25, -0.2) is 9.91 Å². The third-order valence-corrected chi connectivity index (χ3v) is 5.54. The summed E-state index contributed by atoms with van der Waals surface area (Å²) in [5.41, 5.74) is 4.06. The van der Waals surface area contributed by atoms with Crippen LogP contribution in [-0.4, -0.2) is 41.8 Å². The second kappa shape index (κ2) is 9.64. The zero-order chi connectivity index (χ0) is 23.4. The van der Waals surface area contributed by atoms with Crippen LogP contribution in [0.1, 0.15) is 42.6 Å². The maximum atomic E-state index is 13.4. The molecule has 32 heavy (non-hydrogen) atoms. The van der Waals surface area contributed by atoms with Gasteiger partial charge in [-0.15, -0.1) is 0 Å². The van der Waals surface area contributed by atoms with Crippen LogP contribution in [0.25, 0.3) is 0 Å². The fourth-order valence-electron chi connectivity index (χ4n) is 3.51. The predicted octanol–water partition coefficient (Wildman–Crippen LogP) is 2.86. The van der Waals surface area contributed by atoms with E-state index in [1.807, 2.05) is 19.9 Å². The molecule has 0 bridgehead atoms. The SMILES string of the molecule is CC[C@@H](C)C(=O)N(NC(=O)c1ccccc1)[C@@H]1CC(=O)N(c2cc(C)ccc2OC)C1=O. The fourth-order valence-corrected chi connectivity index (χ4v) is 3.51. The normalized spacial score (nSPS) is 16.6. The number of methoxy groups -OCH3 is 1. The first kappa shape index (κ1) is 23.0. The van der Waals surface area contributed by atoms with Gasteiger partial charge in [0.1, 0.15) is 11.8 Å². The van der Waals surface area contributed by atoms with Crippen LogP contribution < -0.4 is 15.1 Å². The minimum Gasteiger partial charge on any atom is -0.495 e. The van der Waals surface area contributed by atoms with E-state index in [1.54, 1.807) is 49.4 Å². The quantitative estimate of drug-likeness (QED) is 0.554. The maximum absolute atomic E-state index is 13.4. The number of carbonyl (C=O) groups excluding carboxylic acids is 4. The van der Waals surface area contributed by atoms with E-state index in [-0.39, 0.29) is 6.42 Å². The Kier molecular flexibility index (Phi) is 6.92. The first-order valence-electron chi connectivity index (χ1n) is 10.5. The van der Waals surface area contributed by atoms with Crippen molar-refractivity contribution in [2.24, 2.45) is 5.92 Å². The molecule has 8 heteroatoms. The van der Waals surface area contributed by atoms with E-state index < -0.39 is 35.6 Å². The summed E-state index contributed by atoms with van der Waals surface area (Å²) < 4.78 is 5.33. The van der Waals surface area contributed by atoms with E-state index in [4.69, 9.17) is 4.74 Å². The van der Waals surface area contributed by atoms with Crippen LogP contribution in [0.15, 0.2) is 48.5 Å². The largest absolute Gasteiger partial charge is 0.495 e. The van der Waals surface area contributed by atoms with Gasteiger partial charge >= 0.3 is 0 Å². The summed E-state index contributed by atoms with van der Waals surface area (Å²) in [5.74, 6) is -2.11. The van der Waals surface area contributed by atoms with E-state index in [2.05, 4.69) is 5.43 Å². The second-order valence-corrected chi connectivity index (χ2v) is 7.79. The standard InChI is InChI=1S/C24H27N3O5/c1-5-16(3)23(30)27(25-22(29)17-9-7-6-8-10-17)19-14-21(28)26(24(19)31)18-13-15(2)11-12-20(18)32-4/h6-13,16,19H,5,14H2,1-4H3,(H,25,29)/t16-,19-/m1/s1. The first-order chi connectivity index (χ1) is 15.3. The van der Waals surface area contributed by atoms with Crippen LogP contribution in [0.3, 0.4) is 0 Å². The van der Waals surface area contributed by atoms with Crippen molar-refractivity contribution in [1.82, 2.24) is 10.4 Å². The van der Waals surface area contributed by atoms with E-state index in [0.29, 0.717) is 23.4 Å². The van der Waals surface area contributed by atoms with E-state index in [1.165, 1.54) is 7.11 Å². The first-order valence-corrected chi connectivity index (χ1v) is 10.5. The lowest BCUT2D eigenvalue weighted by atomic mass is 10.1. The molecule has 0 radical (unpaired) electrons. The third-order valence-electron chi connectivity index (χ3n) is 5.54. The molecule has 0 unspecified atom stereocenters. The topological polar surface area (TPSA) is 96.0 Å². The smallest absolute Gasteiger partial charge is 0.269 e. The number of hydrogen-bond donors (Lipinski definition) is 1. The molecule has 1 heterocycles. The Balaban J connectivity index is 1.96. The summed E-state index contributed by atoms with van der Waals surface area (Å²) in [6.45, 7) is 5.39. The number of nitrogens with zero attached hydrogens (tertiary/aromatic N) is 2. The van der Waals surface area contributed by atoms with Gasteiger partial charge in [0.15, 0.2) is 0 Å². The molecule has 0 aromatic heterocycles. The van der Waals surface area contributed by atoms with Gasteiger partial charge in [0.2, 0.25) is 11.8 Å². The molecule has 1 aliphatic heterocycles. The van der Waals surface area contributed by atoms with Crippen molar-refractivity contribution >= 4 is 29.3 Å². The Hall–Kier alpha value is -3.68. The molecule has 0 saturated carbocycles. The second-order valence-electron chi connectivity index (χ2n) is 7.79. The summed E-state index contributed by atoms with van der Waals surface area (Å²) >= 11 is 0. The van der Waals surface area contributed by atoms with Crippen molar-refractivity contribution in [2.45, 2.75) is 39.7 Å². The molecule has 3 rings (SSSR count). The van der Waals surface area contributed by atoms with E-state index in [0.717, 1.165) is 15.5 Å². The maximum Gasteiger partial charge on any atom is 0.269 e. The number of amides is 4. The molecule has 8 nitrogen and oxygen atoms in total. The number of ether oxygens (including phenoxy) is 1. The highest BCUT2D eigenvalue weighted by molar-refractivity contribution is 6.23. The molecule has 168 valence electrons. The number of anilines is 1. The van der Waals surface area contributed by atoms with Crippen molar-refractivity contribution < 1.29 is 23.9 Å². The Morgan fingerprint density at radius 1 is 1.19 bits per heavy atom. The Labute approximate surface area is 187 Å². The van der Waals surface area contributed by atoms with Crippen molar-refractivity contribution in [1.29, 1.82) is 0 Å². The van der Waals surface area contributed by atoms with Crippen molar-refractivity contribution in [3.8, 4) is 5.75 Å². The number of carbonyl (C=O) groups is 4. The predicted molar refractivity (Wildman–Crippen MR) is 119 cm³/mol. The molecular formula is C24H27N3O5. The number of imide groups is 1. The summed E-state index contributed by atoms with van der Waals surface area (Å²) in [4.78, 5) is 53.2. The molecular weight excluding hydrogens is 410 g/mol. The highest BCUT2D eigenvalue weighted by atomic mass is 16.5. The molecule has 0 spiro atoms. The lowest BCUT2D eigenvalue weighted by molar-refractivity contribution is -0.144. The van der Waals surface area contributed by atoms with Gasteiger partial charge in [0, 0.05) is 11.5 Å². The summed E-state index contributed by atoms with van der Waals surface area (Å²) in [7, 11) is 1.45. The Morgan fingerprint density at radius 2 is 1.88 bits per heavy atom. The molecule has 1 saturated heterocycles. The minimum atomic E-state index is -1.15. The van der Waals surface area contributed by atoms with E-state index >= 15 is 0 Å². The van der Waals surface area contributed by atoms with Gasteiger partial charge in [0.05, 0.1) is 19.2 Å². The van der Waals surface area contributed by atoms with Gasteiger partial charge in [-0.2, -0.15) is 0 Å². The van der Waals surface area contributed by atoms with Crippen LogP contribution in [-0.2, 0) is 14.4 Å². The summed E-state index contributed by atoms with van der Waals surface area (Å²) in [6.07, 6.45) is 0.272. The van der Waals surface area contributed by atoms with Crippen LogP contribution in [0, 0.1) is 12.8 Å². The highest BCUT2D eigenvalue weighted by Crippen LogP contribution is 2.34.